The summed E-state index contributed by atoms with van der Waals surface area (Å²) in [6.45, 7) is 7.68. The van der Waals surface area contributed by atoms with Crippen LogP contribution in [0.1, 0.15) is 65.7 Å². The van der Waals surface area contributed by atoms with E-state index in [1.165, 1.54) is 6.42 Å². The molecule has 1 aliphatic heterocycles. The van der Waals surface area contributed by atoms with Crippen molar-refractivity contribution in [2.45, 2.75) is 82.4 Å². The van der Waals surface area contributed by atoms with Gasteiger partial charge < -0.3 is 14.6 Å². The average Bonchev–Trinajstić information content (AvgIpc) is 3.42. The van der Waals surface area contributed by atoms with E-state index in [1.54, 1.807) is 7.11 Å². The molecule has 5 aliphatic rings. The molecule has 158 valence electrons. The van der Waals surface area contributed by atoms with E-state index in [9.17, 15) is 9.90 Å². The fourth-order valence-corrected chi connectivity index (χ4v) is 9.22. The van der Waals surface area contributed by atoms with Gasteiger partial charge in [-0.1, -0.05) is 36.7 Å². The number of rotatable bonds is 2. The number of aliphatic hydroxyl groups excluding tert-OH is 1. The van der Waals surface area contributed by atoms with Crippen LogP contribution in [0.2, 0.25) is 0 Å². The number of ketones is 1. The van der Waals surface area contributed by atoms with Crippen molar-refractivity contribution in [2.24, 2.45) is 39.9 Å². The molecule has 0 aromatic rings. The maximum absolute atomic E-state index is 12.9. The molecule has 10 atom stereocenters. The fraction of sp³-hybridized carbons (Fsp3) is 0.957. The number of methoxy groups -OCH3 is 1. The Morgan fingerprint density at radius 1 is 1.14 bits per heavy atom. The zero-order valence-electron chi connectivity index (χ0n) is 17.7. The molecule has 5 fully saturated rings. The molecular weight excluding hydrogens is 420 g/mol. The van der Waals surface area contributed by atoms with E-state index in [4.69, 9.17) is 9.47 Å². The zero-order valence-corrected chi connectivity index (χ0v) is 19.3. The molecule has 1 N–H and O–H groups in total. The quantitative estimate of drug-likeness (QED) is 0.498. The summed E-state index contributed by atoms with van der Waals surface area (Å²) in [4.78, 5) is 12.9. The van der Waals surface area contributed by atoms with Crippen molar-refractivity contribution in [3.8, 4) is 0 Å². The van der Waals surface area contributed by atoms with Crippen molar-refractivity contribution in [1.82, 2.24) is 0 Å². The molecule has 4 nitrogen and oxygen atoms in total. The molecule has 1 heterocycles. The van der Waals surface area contributed by atoms with E-state index < -0.39 is 5.79 Å². The van der Waals surface area contributed by atoms with Crippen LogP contribution < -0.4 is 0 Å². The average molecular weight is 455 g/mol. The van der Waals surface area contributed by atoms with Crippen molar-refractivity contribution in [3.63, 3.8) is 0 Å². The summed E-state index contributed by atoms with van der Waals surface area (Å²) in [5.41, 5.74) is 0.0403. The highest BCUT2D eigenvalue weighted by atomic mass is 79.9. The maximum Gasteiger partial charge on any atom is 0.197 e. The molecule has 28 heavy (non-hydrogen) atoms. The molecule has 0 bridgehead atoms. The molecule has 0 spiro atoms. The number of halogens is 1. The van der Waals surface area contributed by atoms with Crippen LogP contribution in [0.5, 0.6) is 0 Å². The van der Waals surface area contributed by atoms with Crippen LogP contribution in [0.3, 0.4) is 0 Å². The van der Waals surface area contributed by atoms with Crippen LogP contribution >= 0.6 is 15.9 Å². The number of Topliss-reactive ketones (excluding diaryl/α,β-unsaturated/α-hetero) is 1. The van der Waals surface area contributed by atoms with Gasteiger partial charge in [-0.3, -0.25) is 4.79 Å². The molecule has 1 saturated heterocycles. The Morgan fingerprint density at radius 2 is 1.86 bits per heavy atom. The third kappa shape index (κ3) is 2.37. The third-order valence-electron chi connectivity index (χ3n) is 10.3. The van der Waals surface area contributed by atoms with Crippen LogP contribution in [-0.4, -0.2) is 41.3 Å². The first-order chi connectivity index (χ1) is 13.1. The van der Waals surface area contributed by atoms with Gasteiger partial charge in [0.15, 0.2) is 11.6 Å². The number of epoxide rings is 1. The van der Waals surface area contributed by atoms with Gasteiger partial charge in [0.1, 0.15) is 6.61 Å². The Hall–Kier alpha value is 0.0300. The lowest BCUT2D eigenvalue weighted by molar-refractivity contribution is -0.199. The van der Waals surface area contributed by atoms with Gasteiger partial charge in [-0.05, 0) is 74.0 Å². The Balaban J connectivity index is 1.45. The second kappa shape index (κ2) is 6.05. The highest BCUT2D eigenvalue weighted by Gasteiger charge is 2.68. The molecule has 0 radical (unpaired) electrons. The van der Waals surface area contributed by atoms with Crippen LogP contribution in [0.4, 0.5) is 0 Å². The normalized spacial score (nSPS) is 60.7. The number of hydrogen-bond donors (Lipinski definition) is 1. The van der Waals surface area contributed by atoms with E-state index in [1.807, 2.05) is 0 Å². The lowest BCUT2D eigenvalue weighted by Crippen LogP contribution is -2.60. The van der Waals surface area contributed by atoms with Crippen LogP contribution in [0.25, 0.3) is 0 Å². The fourth-order valence-electron chi connectivity index (χ4n) is 8.30. The Bertz CT molecular complexity index is 692. The minimum absolute atomic E-state index is 0.0257. The van der Waals surface area contributed by atoms with Gasteiger partial charge in [0.25, 0.3) is 0 Å². The lowest BCUT2D eigenvalue weighted by atomic mass is 9.42. The topological polar surface area (TPSA) is 59.1 Å². The minimum Gasteiger partial charge on any atom is -0.393 e. The number of aliphatic hydroxyl groups is 1. The lowest BCUT2D eigenvalue weighted by Gasteiger charge is -2.63. The van der Waals surface area contributed by atoms with Gasteiger partial charge in [0.05, 0.1) is 10.9 Å². The molecular formula is C23H35BrO4. The van der Waals surface area contributed by atoms with Gasteiger partial charge in [-0.2, -0.15) is 0 Å². The molecule has 4 saturated carbocycles. The number of ether oxygens (including phenoxy) is 2. The SMILES string of the molecule is CO[C@]1([C@@]2(C)CC[C@]3(C)C4CC[C@]5(C)C(=O)[C@H](Br)CC5C4[C@@H](O)C[C@H]3C2)CO1. The zero-order chi connectivity index (χ0) is 20.1. The summed E-state index contributed by atoms with van der Waals surface area (Å²) < 4.78 is 11.6. The predicted octanol–water partition coefficient (Wildman–Crippen LogP) is 4.32. The Kier molecular flexibility index (Phi) is 4.31. The molecule has 5 heteroatoms. The maximum atomic E-state index is 12.9. The summed E-state index contributed by atoms with van der Waals surface area (Å²) in [6, 6.07) is 0. The minimum atomic E-state index is -0.400. The van der Waals surface area contributed by atoms with E-state index in [0.717, 1.165) is 38.5 Å². The summed E-state index contributed by atoms with van der Waals surface area (Å²) in [6.07, 6.45) is 6.89. The van der Waals surface area contributed by atoms with E-state index in [0.29, 0.717) is 30.1 Å². The van der Waals surface area contributed by atoms with Crippen molar-refractivity contribution < 1.29 is 19.4 Å². The van der Waals surface area contributed by atoms with Crippen molar-refractivity contribution in [2.75, 3.05) is 13.7 Å². The summed E-state index contributed by atoms with van der Waals surface area (Å²) in [5, 5.41) is 11.3. The third-order valence-corrected chi connectivity index (χ3v) is 11.1. The van der Waals surface area contributed by atoms with Crippen LogP contribution in [0, 0.1) is 39.9 Å². The standard InChI is InChI=1S/C23H35BrO4/c1-20(23(27-4)12-28-23)7-8-21(2)13(11-20)9-17(25)18-14(21)5-6-22(3)15(18)10-16(24)19(22)26/h13-18,25H,5-12H2,1-4H3/t13-,14?,15?,16+,17-,18?,20-,21-,22-,23+/m0/s1. The molecule has 0 amide bonds. The monoisotopic (exact) mass is 454 g/mol. The van der Waals surface area contributed by atoms with Crippen molar-refractivity contribution >= 4 is 21.7 Å². The second-order valence-electron chi connectivity index (χ2n) is 11.3. The first kappa shape index (κ1) is 20.0. The highest BCUT2D eigenvalue weighted by Crippen LogP contribution is 2.69. The summed E-state index contributed by atoms with van der Waals surface area (Å²) in [7, 11) is 1.77. The highest BCUT2D eigenvalue weighted by molar-refractivity contribution is 9.10. The molecule has 5 rings (SSSR count). The second-order valence-corrected chi connectivity index (χ2v) is 12.4. The molecule has 0 aromatic heterocycles. The number of alkyl halides is 1. The van der Waals surface area contributed by atoms with Gasteiger partial charge >= 0.3 is 0 Å². The largest absolute Gasteiger partial charge is 0.393 e. The number of fused-ring (bicyclic) bond motifs is 5. The first-order valence-electron chi connectivity index (χ1n) is 11.2. The summed E-state index contributed by atoms with van der Waals surface area (Å²) >= 11 is 3.64. The number of carbonyl (C=O) groups excluding carboxylic acids is 1. The van der Waals surface area contributed by atoms with E-state index in [2.05, 4.69) is 36.7 Å². The van der Waals surface area contributed by atoms with Gasteiger partial charge in [0.2, 0.25) is 0 Å². The molecule has 4 aliphatic carbocycles. The van der Waals surface area contributed by atoms with E-state index >= 15 is 0 Å². The van der Waals surface area contributed by atoms with E-state index in [-0.39, 0.29) is 33.1 Å². The van der Waals surface area contributed by atoms with Gasteiger partial charge in [-0.25, -0.2) is 0 Å². The predicted molar refractivity (Wildman–Crippen MR) is 110 cm³/mol. The smallest absolute Gasteiger partial charge is 0.197 e. The first-order valence-corrected chi connectivity index (χ1v) is 12.1. The van der Waals surface area contributed by atoms with Crippen molar-refractivity contribution in [3.05, 3.63) is 0 Å². The van der Waals surface area contributed by atoms with Crippen LogP contribution in [0.15, 0.2) is 0 Å². The Morgan fingerprint density at radius 3 is 2.50 bits per heavy atom. The molecule has 0 aromatic carbocycles. The van der Waals surface area contributed by atoms with Crippen molar-refractivity contribution in [1.29, 1.82) is 0 Å². The van der Waals surface area contributed by atoms with Crippen LogP contribution in [-0.2, 0) is 14.3 Å². The summed E-state index contributed by atoms with van der Waals surface area (Å²) in [5.74, 6) is 1.58. The molecule has 3 unspecified atom stereocenters. The number of hydrogen-bond acceptors (Lipinski definition) is 4. The number of carbonyl (C=O) groups is 1. The van der Waals surface area contributed by atoms with Gasteiger partial charge in [-0.15, -0.1) is 0 Å². The Labute approximate surface area is 177 Å². The van der Waals surface area contributed by atoms with Gasteiger partial charge in [0, 0.05) is 17.9 Å².